The Kier molecular flexibility index (Phi) is 6.76. The molecule has 2 aromatic rings. The third kappa shape index (κ3) is 5.20. The number of nitrogens with zero attached hydrogens (tertiary/aromatic N) is 3. The molecule has 1 aromatic carbocycles. The summed E-state index contributed by atoms with van der Waals surface area (Å²) in [7, 11) is 0. The number of ether oxygens (including phenoxy) is 4. The van der Waals surface area contributed by atoms with Crippen molar-refractivity contribution < 1.29 is 28.5 Å². The molecule has 0 aliphatic rings. The summed E-state index contributed by atoms with van der Waals surface area (Å²) < 4.78 is 21.8. The second-order valence-electron chi connectivity index (χ2n) is 4.62. The Morgan fingerprint density at radius 1 is 0.880 bits per heavy atom. The van der Waals surface area contributed by atoms with E-state index in [0.717, 1.165) is 0 Å². The smallest absolute Gasteiger partial charge is 0.344 e. The summed E-state index contributed by atoms with van der Waals surface area (Å²) in [6, 6.07) is 9.08. The normalized spacial score (nSPS) is 10.2. The first kappa shape index (κ1) is 18.2. The highest BCUT2D eigenvalue weighted by Crippen LogP contribution is 2.23. The van der Waals surface area contributed by atoms with Gasteiger partial charge in [0.05, 0.1) is 18.9 Å². The van der Waals surface area contributed by atoms with Crippen LogP contribution in [0.15, 0.2) is 30.3 Å². The molecular weight excluding hydrogens is 330 g/mol. The van der Waals surface area contributed by atoms with Crippen LogP contribution in [0.2, 0.25) is 0 Å². The highest BCUT2D eigenvalue weighted by molar-refractivity contribution is 5.71. The summed E-state index contributed by atoms with van der Waals surface area (Å²) >= 11 is 0. The van der Waals surface area contributed by atoms with E-state index in [9.17, 15) is 9.59 Å². The second-order valence-corrected chi connectivity index (χ2v) is 4.62. The van der Waals surface area contributed by atoms with E-state index in [-0.39, 0.29) is 38.4 Å². The van der Waals surface area contributed by atoms with Crippen LogP contribution in [0.5, 0.6) is 12.0 Å². The quantitative estimate of drug-likeness (QED) is 0.621. The minimum absolute atomic E-state index is 0.0399. The lowest BCUT2D eigenvalue weighted by atomic mass is 10.3. The maximum atomic E-state index is 11.5. The molecule has 9 heteroatoms. The molecular formula is C16H19N3O6. The third-order valence-electron chi connectivity index (χ3n) is 2.87. The van der Waals surface area contributed by atoms with E-state index >= 15 is 0 Å². The van der Waals surface area contributed by atoms with Crippen LogP contribution in [0.1, 0.15) is 13.8 Å². The average molecular weight is 349 g/mol. The number of hydrogen-bond acceptors (Lipinski definition) is 8. The Morgan fingerprint density at radius 3 is 1.80 bits per heavy atom. The van der Waals surface area contributed by atoms with Gasteiger partial charge in [-0.3, -0.25) is 0 Å². The van der Waals surface area contributed by atoms with Gasteiger partial charge in [0.15, 0.2) is 13.2 Å². The van der Waals surface area contributed by atoms with Crippen LogP contribution in [-0.2, 0) is 19.1 Å². The highest BCUT2D eigenvalue weighted by Gasteiger charge is 2.19. The van der Waals surface area contributed by atoms with Crippen LogP contribution >= 0.6 is 0 Å². The number of carbonyl (C=O) groups is 2. The van der Waals surface area contributed by atoms with Crippen molar-refractivity contribution in [2.45, 2.75) is 13.8 Å². The van der Waals surface area contributed by atoms with E-state index in [4.69, 9.17) is 18.9 Å². The van der Waals surface area contributed by atoms with Crippen molar-refractivity contribution in [2.24, 2.45) is 0 Å². The van der Waals surface area contributed by atoms with Crippen molar-refractivity contribution in [3.05, 3.63) is 30.3 Å². The van der Waals surface area contributed by atoms with E-state index < -0.39 is 11.9 Å². The Hall–Kier alpha value is -3.10. The molecule has 0 unspecified atom stereocenters. The van der Waals surface area contributed by atoms with Crippen molar-refractivity contribution in [1.29, 1.82) is 0 Å². The molecule has 25 heavy (non-hydrogen) atoms. The van der Waals surface area contributed by atoms with Crippen LogP contribution in [0, 0.1) is 0 Å². The maximum Gasteiger partial charge on any atom is 0.344 e. The Bertz CT molecular complexity index is 662. The van der Waals surface area contributed by atoms with Crippen molar-refractivity contribution in [1.82, 2.24) is 14.8 Å². The monoisotopic (exact) mass is 349 g/mol. The molecule has 0 fully saturated rings. The molecule has 9 nitrogen and oxygen atoms in total. The van der Waals surface area contributed by atoms with Gasteiger partial charge < -0.3 is 18.9 Å². The number of para-hydroxylation sites is 1. The van der Waals surface area contributed by atoms with Crippen molar-refractivity contribution in [3.8, 4) is 17.7 Å². The van der Waals surface area contributed by atoms with E-state index in [2.05, 4.69) is 10.2 Å². The summed E-state index contributed by atoms with van der Waals surface area (Å²) in [5.74, 6) is -1.06. The zero-order valence-electron chi connectivity index (χ0n) is 14.0. The molecule has 1 heterocycles. The Labute approximate surface area is 144 Å². The van der Waals surface area contributed by atoms with Crippen LogP contribution in [0.3, 0.4) is 0 Å². The molecule has 0 radical (unpaired) electrons. The lowest BCUT2D eigenvalue weighted by Crippen LogP contribution is -2.18. The van der Waals surface area contributed by atoms with Crippen LogP contribution < -0.4 is 9.47 Å². The molecule has 0 bridgehead atoms. The predicted octanol–water partition coefficient (Wildman–Crippen LogP) is 1.15. The number of esters is 2. The summed E-state index contributed by atoms with van der Waals surface area (Å²) in [6.07, 6.45) is 0. The van der Waals surface area contributed by atoms with Gasteiger partial charge in [-0.25, -0.2) is 14.2 Å². The van der Waals surface area contributed by atoms with Gasteiger partial charge in [0, 0.05) is 0 Å². The largest absolute Gasteiger partial charge is 0.463 e. The minimum atomic E-state index is -0.529. The summed E-state index contributed by atoms with van der Waals surface area (Å²) in [5, 5.41) is 7.71. The van der Waals surface area contributed by atoms with Crippen LogP contribution in [0.25, 0.3) is 5.69 Å². The van der Waals surface area contributed by atoms with E-state index in [1.165, 1.54) is 4.57 Å². The van der Waals surface area contributed by atoms with Gasteiger partial charge in [-0.2, -0.15) is 0 Å². The number of benzene rings is 1. The van der Waals surface area contributed by atoms with Crippen LogP contribution in [-0.4, -0.2) is 53.1 Å². The molecule has 0 N–H and O–H groups in total. The summed E-state index contributed by atoms with van der Waals surface area (Å²) in [4.78, 5) is 22.9. The van der Waals surface area contributed by atoms with Crippen molar-refractivity contribution in [2.75, 3.05) is 26.4 Å². The molecule has 134 valence electrons. The standard InChI is InChI=1S/C16H19N3O6/c1-3-22-13(20)10-24-15-17-18-16(25-11-14(21)23-4-2)19(15)12-8-6-5-7-9-12/h5-9H,3-4,10-11H2,1-2H3. The summed E-state index contributed by atoms with van der Waals surface area (Å²) in [6.45, 7) is 3.26. The topological polar surface area (TPSA) is 102 Å². The van der Waals surface area contributed by atoms with E-state index in [1.807, 2.05) is 6.07 Å². The third-order valence-corrected chi connectivity index (χ3v) is 2.87. The van der Waals surface area contributed by atoms with Gasteiger partial charge in [0.2, 0.25) is 0 Å². The Morgan fingerprint density at radius 2 is 1.36 bits per heavy atom. The fraction of sp³-hybridized carbons (Fsp3) is 0.375. The SMILES string of the molecule is CCOC(=O)COc1nnc(OCC(=O)OCC)n1-c1ccccc1. The predicted molar refractivity (Wildman–Crippen MR) is 85.6 cm³/mol. The first-order chi connectivity index (χ1) is 12.2. The molecule has 0 spiro atoms. The van der Waals surface area contributed by atoms with Crippen LogP contribution in [0.4, 0.5) is 0 Å². The zero-order chi connectivity index (χ0) is 18.1. The molecule has 0 amide bonds. The van der Waals surface area contributed by atoms with Gasteiger partial charge in [-0.1, -0.05) is 28.4 Å². The van der Waals surface area contributed by atoms with Crippen molar-refractivity contribution >= 4 is 11.9 Å². The average Bonchev–Trinajstić information content (AvgIpc) is 3.02. The molecule has 0 aliphatic carbocycles. The molecule has 0 saturated heterocycles. The minimum Gasteiger partial charge on any atom is -0.463 e. The van der Waals surface area contributed by atoms with E-state index in [1.54, 1.807) is 38.1 Å². The number of hydrogen-bond donors (Lipinski definition) is 0. The molecule has 2 rings (SSSR count). The first-order valence-electron chi connectivity index (χ1n) is 7.73. The van der Waals surface area contributed by atoms with Gasteiger partial charge >= 0.3 is 24.0 Å². The van der Waals surface area contributed by atoms with Gasteiger partial charge in [0.25, 0.3) is 0 Å². The Balaban J connectivity index is 2.18. The van der Waals surface area contributed by atoms with Crippen molar-refractivity contribution in [3.63, 3.8) is 0 Å². The maximum absolute atomic E-state index is 11.5. The van der Waals surface area contributed by atoms with Gasteiger partial charge in [-0.15, -0.1) is 0 Å². The fourth-order valence-corrected chi connectivity index (χ4v) is 1.89. The highest BCUT2D eigenvalue weighted by atomic mass is 16.6. The number of rotatable bonds is 9. The van der Waals surface area contributed by atoms with Gasteiger partial charge in [-0.05, 0) is 26.0 Å². The number of carbonyl (C=O) groups excluding carboxylic acids is 2. The van der Waals surface area contributed by atoms with E-state index in [0.29, 0.717) is 5.69 Å². The van der Waals surface area contributed by atoms with Gasteiger partial charge in [0.1, 0.15) is 0 Å². The molecule has 0 atom stereocenters. The zero-order valence-corrected chi connectivity index (χ0v) is 14.0. The fourth-order valence-electron chi connectivity index (χ4n) is 1.89. The lowest BCUT2D eigenvalue weighted by molar-refractivity contribution is -0.146. The first-order valence-corrected chi connectivity index (χ1v) is 7.73. The molecule has 0 aliphatic heterocycles. The molecule has 0 saturated carbocycles. The lowest BCUT2D eigenvalue weighted by Gasteiger charge is -2.10. The summed E-state index contributed by atoms with van der Waals surface area (Å²) in [5.41, 5.74) is 0.644. The molecule has 1 aromatic heterocycles. The second kappa shape index (κ2) is 9.26. The number of aromatic nitrogens is 3.